The molecule has 0 aromatic heterocycles. The van der Waals surface area contributed by atoms with Crippen LogP contribution in [-0.2, 0) is 4.79 Å². The van der Waals surface area contributed by atoms with Crippen LogP contribution in [0.2, 0.25) is 0 Å². The van der Waals surface area contributed by atoms with Gasteiger partial charge in [0.15, 0.2) is 5.60 Å². The molecule has 11 heavy (non-hydrogen) atoms. The first-order chi connectivity index (χ1) is 4.54. The molecule has 2 N–H and O–H groups in total. The van der Waals surface area contributed by atoms with Crippen molar-refractivity contribution < 1.29 is 17.9 Å². The van der Waals surface area contributed by atoms with Crippen molar-refractivity contribution in [3.63, 3.8) is 0 Å². The zero-order valence-electron chi connectivity index (χ0n) is 7.75. The van der Waals surface area contributed by atoms with E-state index in [1.807, 2.05) is 0 Å². The normalized spacial score (nSPS) is 13.9. The van der Waals surface area contributed by atoms with E-state index >= 15 is 0 Å². The predicted molar refractivity (Wildman–Crippen MR) is 41.5 cm³/mol. The summed E-state index contributed by atoms with van der Waals surface area (Å²) < 4.78 is 0. The number of aliphatic carboxylic acids is 1. The number of alkyl halides is 1. The molecule has 0 aliphatic heterocycles. The molecule has 0 aliphatic carbocycles. The van der Waals surface area contributed by atoms with Gasteiger partial charge in [-0.2, -0.15) is 5.26 Å². The standard InChI is InChI=1S/C5H6ClNO3.Ca.2H/c6-2-5(10,3-7)1-4(8)9;;;/h10H,1-2H2,(H,8,9);;;/q;+2;2*-1. The second-order valence-electron chi connectivity index (χ2n) is 1.85. The van der Waals surface area contributed by atoms with Gasteiger partial charge in [0.25, 0.3) is 0 Å². The van der Waals surface area contributed by atoms with Crippen molar-refractivity contribution in [2.75, 3.05) is 5.88 Å². The number of nitrogens with zero attached hydrogens (tertiary/aromatic N) is 1. The monoisotopic (exact) mass is 205 g/mol. The third-order valence-electron chi connectivity index (χ3n) is 0.873. The number of aliphatic hydroxyl groups is 1. The topological polar surface area (TPSA) is 81.3 Å². The van der Waals surface area contributed by atoms with Crippen LogP contribution in [0.1, 0.15) is 9.27 Å². The minimum atomic E-state index is -1.92. The van der Waals surface area contributed by atoms with Crippen molar-refractivity contribution in [3.05, 3.63) is 0 Å². The molecule has 0 aromatic rings. The summed E-state index contributed by atoms with van der Waals surface area (Å²) >= 11 is 5.12. The fraction of sp³-hybridized carbons (Fsp3) is 0.600. The minimum absolute atomic E-state index is 0. The van der Waals surface area contributed by atoms with Gasteiger partial charge in [0.05, 0.1) is 18.4 Å². The largest absolute Gasteiger partial charge is 2.00 e. The van der Waals surface area contributed by atoms with Crippen LogP contribution in [0.15, 0.2) is 0 Å². The molecule has 0 fully saturated rings. The molecule has 6 heteroatoms. The van der Waals surface area contributed by atoms with Gasteiger partial charge in [-0.05, 0) is 0 Å². The van der Waals surface area contributed by atoms with E-state index in [0.717, 1.165) is 0 Å². The number of carbonyl (C=O) groups is 1. The first-order valence-electron chi connectivity index (χ1n) is 2.45. The Balaban J connectivity index is -0.000000135. The second kappa shape index (κ2) is 6.04. The summed E-state index contributed by atoms with van der Waals surface area (Å²) in [6.07, 6.45) is -0.646. The summed E-state index contributed by atoms with van der Waals surface area (Å²) in [5.41, 5.74) is -1.92. The zero-order valence-corrected chi connectivity index (χ0v) is 8.71. The predicted octanol–water partition coefficient (Wildman–Crippen LogP) is -0.201. The summed E-state index contributed by atoms with van der Waals surface area (Å²) in [5, 5.41) is 25.3. The molecule has 0 heterocycles. The average molecular weight is 206 g/mol. The van der Waals surface area contributed by atoms with E-state index < -0.39 is 23.9 Å². The second-order valence-corrected chi connectivity index (χ2v) is 2.11. The first kappa shape index (κ1) is 14.0. The SMILES string of the molecule is N#CC(O)(CCl)CC(=O)O.[Ca+2].[H-].[H-]. The van der Waals surface area contributed by atoms with Crippen molar-refractivity contribution in [1.82, 2.24) is 0 Å². The summed E-state index contributed by atoms with van der Waals surface area (Å²) in [5.74, 6) is -1.64. The molecule has 1 atom stereocenters. The third kappa shape index (κ3) is 5.71. The number of nitriles is 1. The smallest absolute Gasteiger partial charge is 1.00 e. The molecule has 0 spiro atoms. The fourth-order valence-corrected chi connectivity index (χ4v) is 0.521. The molecule has 0 radical (unpaired) electrons. The van der Waals surface area contributed by atoms with Gasteiger partial charge in [-0.25, -0.2) is 0 Å². The molecule has 0 aromatic carbocycles. The summed E-state index contributed by atoms with van der Waals surface area (Å²) in [6.45, 7) is 0. The van der Waals surface area contributed by atoms with Gasteiger partial charge in [-0.3, -0.25) is 4.79 Å². The van der Waals surface area contributed by atoms with E-state index in [4.69, 9.17) is 27.1 Å². The summed E-state index contributed by atoms with van der Waals surface area (Å²) in [4.78, 5) is 9.96. The Morgan fingerprint density at radius 3 is 2.36 bits per heavy atom. The van der Waals surface area contributed by atoms with E-state index in [1.54, 1.807) is 0 Å². The van der Waals surface area contributed by atoms with Gasteiger partial charge in [0, 0.05) is 0 Å². The Bertz CT molecular complexity index is 189. The number of hydrogen-bond acceptors (Lipinski definition) is 3. The van der Waals surface area contributed by atoms with Gasteiger partial charge in [-0.15, -0.1) is 11.6 Å². The molecule has 0 amide bonds. The molecule has 0 bridgehead atoms. The molecule has 0 saturated carbocycles. The van der Waals surface area contributed by atoms with Crippen molar-refractivity contribution in [2.45, 2.75) is 12.0 Å². The van der Waals surface area contributed by atoms with Gasteiger partial charge < -0.3 is 13.1 Å². The number of hydrogen-bond donors (Lipinski definition) is 2. The maximum atomic E-state index is 9.96. The minimum Gasteiger partial charge on any atom is -1.00 e. The molecular weight excluding hydrogens is 198 g/mol. The van der Waals surface area contributed by atoms with E-state index in [-0.39, 0.29) is 40.6 Å². The molecule has 0 aliphatic rings. The molecule has 60 valence electrons. The Kier molecular flexibility index (Phi) is 7.70. The van der Waals surface area contributed by atoms with E-state index in [0.29, 0.717) is 0 Å². The van der Waals surface area contributed by atoms with Gasteiger partial charge in [0.1, 0.15) is 0 Å². The Hall–Kier alpha value is 0.470. The van der Waals surface area contributed by atoms with E-state index in [1.165, 1.54) is 6.07 Å². The molecular formula is C5H8CaClNO3. The average Bonchev–Trinajstić information content (AvgIpc) is 1.87. The Labute approximate surface area is 102 Å². The van der Waals surface area contributed by atoms with E-state index in [2.05, 4.69) is 0 Å². The number of carboxylic acid groups (broad SMARTS) is 1. The molecule has 0 rings (SSSR count). The van der Waals surface area contributed by atoms with Crippen LogP contribution >= 0.6 is 11.6 Å². The number of halogens is 1. The molecule has 1 unspecified atom stereocenters. The van der Waals surface area contributed by atoms with Crippen LogP contribution in [0.3, 0.4) is 0 Å². The van der Waals surface area contributed by atoms with Crippen molar-refractivity contribution in [2.24, 2.45) is 0 Å². The zero-order chi connectivity index (χ0) is 8.20. The maximum absolute atomic E-state index is 9.96. The van der Waals surface area contributed by atoms with Crippen LogP contribution in [0.5, 0.6) is 0 Å². The number of carboxylic acids is 1. The van der Waals surface area contributed by atoms with Crippen LogP contribution in [-0.4, -0.2) is 65.4 Å². The Morgan fingerprint density at radius 1 is 1.82 bits per heavy atom. The van der Waals surface area contributed by atoms with Gasteiger partial charge >= 0.3 is 43.7 Å². The number of rotatable bonds is 3. The molecule has 4 nitrogen and oxygen atoms in total. The first-order valence-corrected chi connectivity index (χ1v) is 2.99. The third-order valence-corrected chi connectivity index (χ3v) is 1.31. The van der Waals surface area contributed by atoms with E-state index in [9.17, 15) is 4.79 Å². The quantitative estimate of drug-likeness (QED) is 0.380. The van der Waals surface area contributed by atoms with Gasteiger partial charge in [-0.1, -0.05) is 0 Å². The molecule has 0 saturated heterocycles. The summed E-state index contributed by atoms with van der Waals surface area (Å²) in [7, 11) is 0. The van der Waals surface area contributed by atoms with Crippen LogP contribution in [0.4, 0.5) is 0 Å². The van der Waals surface area contributed by atoms with Crippen molar-refractivity contribution >= 4 is 55.3 Å². The Morgan fingerprint density at radius 2 is 2.27 bits per heavy atom. The fourth-order valence-electron chi connectivity index (χ4n) is 0.367. The van der Waals surface area contributed by atoms with Crippen molar-refractivity contribution in [3.8, 4) is 6.07 Å². The van der Waals surface area contributed by atoms with Crippen LogP contribution in [0, 0.1) is 11.3 Å². The van der Waals surface area contributed by atoms with Crippen LogP contribution < -0.4 is 0 Å². The summed E-state index contributed by atoms with van der Waals surface area (Å²) in [6, 6.07) is 1.40. The van der Waals surface area contributed by atoms with Crippen LogP contribution in [0.25, 0.3) is 0 Å². The maximum Gasteiger partial charge on any atom is 2.00 e. The van der Waals surface area contributed by atoms with Crippen molar-refractivity contribution in [1.29, 1.82) is 5.26 Å². The van der Waals surface area contributed by atoms with Gasteiger partial charge in [0.2, 0.25) is 0 Å².